The topological polar surface area (TPSA) is 86.3 Å². The third-order valence-corrected chi connectivity index (χ3v) is 5.62. The lowest BCUT2D eigenvalue weighted by Gasteiger charge is -2.17. The molecule has 30 heavy (non-hydrogen) atoms. The van der Waals surface area contributed by atoms with Crippen LogP contribution in [-0.4, -0.2) is 9.85 Å². The van der Waals surface area contributed by atoms with Gasteiger partial charge in [0.05, 0.1) is 37.8 Å². The van der Waals surface area contributed by atoms with Crippen molar-refractivity contribution in [3.63, 3.8) is 0 Å². The Morgan fingerprint density at radius 2 is 1.30 bits per heavy atom. The first-order valence-electron chi connectivity index (χ1n) is 8.91. The van der Waals surface area contributed by atoms with Crippen LogP contribution in [0.15, 0.2) is 72.8 Å². The van der Waals surface area contributed by atoms with Crippen molar-refractivity contribution in [1.82, 2.24) is 0 Å². The lowest BCUT2D eigenvalue weighted by Crippen LogP contribution is -2.06. The molecule has 0 heterocycles. The molecule has 152 valence electrons. The third kappa shape index (κ3) is 4.84. The van der Waals surface area contributed by atoms with Gasteiger partial charge < -0.3 is 0 Å². The summed E-state index contributed by atoms with van der Waals surface area (Å²) in [4.78, 5) is 21.8. The van der Waals surface area contributed by atoms with E-state index in [-0.39, 0.29) is 16.8 Å². The number of hydrogen-bond acceptors (Lipinski definition) is 4. The highest BCUT2D eigenvalue weighted by atomic mass is 35.5. The van der Waals surface area contributed by atoms with Crippen molar-refractivity contribution in [3.05, 3.63) is 115 Å². The number of nitro groups is 2. The molecule has 0 unspecified atom stereocenters. The number of hydrogen-bond donors (Lipinski definition) is 0. The number of rotatable bonds is 7. The molecule has 6 nitrogen and oxygen atoms in total. The number of nitrogens with zero attached hydrogens (tertiary/aromatic N) is 2. The molecular weight excluding hydrogens is 427 g/mol. The lowest BCUT2D eigenvalue weighted by molar-refractivity contribution is -0.394. The van der Waals surface area contributed by atoms with Crippen LogP contribution >= 0.6 is 23.2 Å². The van der Waals surface area contributed by atoms with Crippen LogP contribution < -0.4 is 0 Å². The van der Waals surface area contributed by atoms with E-state index < -0.39 is 26.3 Å². The van der Waals surface area contributed by atoms with E-state index in [1.165, 1.54) is 12.1 Å². The van der Waals surface area contributed by atoms with Gasteiger partial charge in [0.2, 0.25) is 0 Å². The molecule has 0 saturated carbocycles. The SMILES string of the molecule is O=[N+]([O-])c1cc([N+](=O)[O-])c([C@H](Cl)[C@@H](Cl)c2ccccc2)cc1/C=C/c1ccccc1. The Labute approximate surface area is 182 Å². The number of nitro benzene ring substituents is 2. The Hall–Kier alpha value is -3.22. The zero-order valence-electron chi connectivity index (χ0n) is 15.5. The quantitative estimate of drug-likeness (QED) is 0.171. The zero-order valence-corrected chi connectivity index (χ0v) is 17.0. The van der Waals surface area contributed by atoms with Gasteiger partial charge in [-0.15, -0.1) is 23.2 Å². The summed E-state index contributed by atoms with van der Waals surface area (Å²) in [5.41, 5.74) is 1.00. The molecule has 3 aromatic rings. The summed E-state index contributed by atoms with van der Waals surface area (Å²) in [6.45, 7) is 0. The van der Waals surface area contributed by atoms with Crippen LogP contribution in [0.3, 0.4) is 0 Å². The van der Waals surface area contributed by atoms with Gasteiger partial charge in [-0.05, 0) is 23.3 Å². The molecule has 0 bridgehead atoms. The summed E-state index contributed by atoms with van der Waals surface area (Å²) < 4.78 is 0. The van der Waals surface area contributed by atoms with E-state index in [2.05, 4.69) is 0 Å². The van der Waals surface area contributed by atoms with E-state index in [0.717, 1.165) is 11.6 Å². The molecule has 0 amide bonds. The fourth-order valence-corrected chi connectivity index (χ4v) is 3.60. The van der Waals surface area contributed by atoms with E-state index in [0.29, 0.717) is 5.56 Å². The monoisotopic (exact) mass is 442 g/mol. The van der Waals surface area contributed by atoms with Gasteiger partial charge in [0.15, 0.2) is 0 Å². The van der Waals surface area contributed by atoms with Crippen molar-refractivity contribution in [3.8, 4) is 0 Å². The molecule has 2 atom stereocenters. The summed E-state index contributed by atoms with van der Waals surface area (Å²) in [7, 11) is 0. The Bertz CT molecular complexity index is 1090. The smallest absolute Gasteiger partial charge is 0.258 e. The first kappa shape index (κ1) is 21.5. The highest BCUT2D eigenvalue weighted by Crippen LogP contribution is 2.44. The predicted octanol–water partition coefficient (Wildman–Crippen LogP) is 6.93. The number of halogens is 2. The molecule has 0 aromatic heterocycles. The molecule has 0 N–H and O–H groups in total. The maximum absolute atomic E-state index is 11.6. The first-order valence-corrected chi connectivity index (χ1v) is 9.78. The molecule has 8 heteroatoms. The average Bonchev–Trinajstić information content (AvgIpc) is 2.77. The molecule has 0 aliphatic carbocycles. The zero-order chi connectivity index (χ0) is 21.7. The first-order chi connectivity index (χ1) is 14.4. The van der Waals surface area contributed by atoms with Crippen LogP contribution in [0.1, 0.15) is 33.0 Å². The minimum atomic E-state index is -0.973. The van der Waals surface area contributed by atoms with Gasteiger partial charge in [-0.25, -0.2) is 0 Å². The number of alkyl halides is 2. The molecule has 0 radical (unpaired) electrons. The van der Waals surface area contributed by atoms with Crippen LogP contribution in [0.5, 0.6) is 0 Å². The summed E-state index contributed by atoms with van der Waals surface area (Å²) in [6.07, 6.45) is 3.23. The van der Waals surface area contributed by atoms with Gasteiger partial charge in [-0.3, -0.25) is 20.2 Å². The summed E-state index contributed by atoms with van der Waals surface area (Å²) >= 11 is 13.0. The van der Waals surface area contributed by atoms with E-state index in [9.17, 15) is 20.2 Å². The van der Waals surface area contributed by atoms with Crippen LogP contribution in [0.25, 0.3) is 12.2 Å². The second-order valence-corrected chi connectivity index (χ2v) is 7.38. The van der Waals surface area contributed by atoms with Gasteiger partial charge in [0, 0.05) is 0 Å². The fourth-order valence-electron chi connectivity index (χ4n) is 3.00. The number of benzene rings is 3. The van der Waals surface area contributed by atoms with Crippen molar-refractivity contribution in [1.29, 1.82) is 0 Å². The molecule has 0 spiro atoms. The average molecular weight is 443 g/mol. The van der Waals surface area contributed by atoms with Gasteiger partial charge in [0.1, 0.15) is 0 Å². The summed E-state index contributed by atoms with van der Waals surface area (Å²) in [5.74, 6) is 0. The fraction of sp³-hybridized carbons (Fsp3) is 0.0909. The van der Waals surface area contributed by atoms with Gasteiger partial charge in [0.25, 0.3) is 11.4 Å². The Morgan fingerprint density at radius 1 is 0.733 bits per heavy atom. The Balaban J connectivity index is 2.10. The van der Waals surface area contributed by atoms with Gasteiger partial charge in [-0.1, -0.05) is 66.7 Å². The summed E-state index contributed by atoms with van der Waals surface area (Å²) in [5, 5.41) is 21.4. The maximum atomic E-state index is 11.6. The van der Waals surface area contributed by atoms with Crippen LogP contribution in [0, 0.1) is 20.2 Å². The minimum absolute atomic E-state index is 0.115. The van der Waals surface area contributed by atoms with Crippen LogP contribution in [0.2, 0.25) is 0 Å². The summed E-state index contributed by atoms with van der Waals surface area (Å²) in [6, 6.07) is 20.4. The van der Waals surface area contributed by atoms with Crippen molar-refractivity contribution in [2.75, 3.05) is 0 Å². The highest BCUT2D eigenvalue weighted by Gasteiger charge is 2.31. The van der Waals surface area contributed by atoms with Crippen molar-refractivity contribution in [2.45, 2.75) is 10.8 Å². The van der Waals surface area contributed by atoms with Crippen molar-refractivity contribution >= 4 is 46.7 Å². The molecule has 0 fully saturated rings. The minimum Gasteiger partial charge on any atom is -0.258 e. The van der Waals surface area contributed by atoms with E-state index in [4.69, 9.17) is 23.2 Å². The van der Waals surface area contributed by atoms with Crippen molar-refractivity contribution < 1.29 is 9.85 Å². The highest BCUT2D eigenvalue weighted by molar-refractivity contribution is 6.30. The second-order valence-electron chi connectivity index (χ2n) is 6.44. The van der Waals surface area contributed by atoms with Gasteiger partial charge >= 0.3 is 0 Å². The van der Waals surface area contributed by atoms with Crippen LogP contribution in [-0.2, 0) is 0 Å². The predicted molar refractivity (Wildman–Crippen MR) is 119 cm³/mol. The second kappa shape index (κ2) is 9.52. The lowest BCUT2D eigenvalue weighted by atomic mass is 9.98. The molecule has 0 aliphatic heterocycles. The molecular formula is C22H16Cl2N2O4. The molecule has 0 saturated heterocycles. The normalized spacial score (nSPS) is 13.1. The van der Waals surface area contributed by atoms with E-state index in [1.54, 1.807) is 30.3 Å². The molecule has 3 rings (SSSR count). The molecule has 0 aliphatic rings. The largest absolute Gasteiger partial charge is 0.283 e. The molecule has 3 aromatic carbocycles. The van der Waals surface area contributed by atoms with E-state index >= 15 is 0 Å². The Kier molecular flexibility index (Phi) is 6.82. The van der Waals surface area contributed by atoms with Crippen LogP contribution in [0.4, 0.5) is 11.4 Å². The van der Waals surface area contributed by atoms with Crippen molar-refractivity contribution in [2.24, 2.45) is 0 Å². The Morgan fingerprint density at radius 3 is 1.87 bits per heavy atom. The standard InChI is InChI=1S/C22H16Cl2N2O4/c23-21(16-9-5-2-6-10-16)22(24)18-13-17(12-11-15-7-3-1-4-8-15)19(25(27)28)14-20(18)26(29)30/h1-14,21-22H/b12-11+/t21-,22-/m0/s1. The van der Waals surface area contributed by atoms with Gasteiger partial charge in [-0.2, -0.15) is 0 Å². The van der Waals surface area contributed by atoms with E-state index in [1.807, 2.05) is 36.4 Å². The third-order valence-electron chi connectivity index (χ3n) is 4.50. The maximum Gasteiger partial charge on any atom is 0.283 e.